The number of halogens is 3. The second kappa shape index (κ2) is 6.20. The Hall–Kier alpha value is -2.65. The highest BCUT2D eigenvalue weighted by molar-refractivity contribution is 5.93. The van der Waals surface area contributed by atoms with Crippen LogP contribution in [0.5, 0.6) is 0 Å². The van der Waals surface area contributed by atoms with Gasteiger partial charge in [-0.2, -0.15) is 33.2 Å². The molecule has 10 heteroatoms. The number of hydrazone groups is 1. The van der Waals surface area contributed by atoms with E-state index < -0.39 is 18.4 Å². The first-order chi connectivity index (χ1) is 10.0. The molecular formula is C11H11F3N6O. The van der Waals surface area contributed by atoms with Gasteiger partial charge in [0.1, 0.15) is 5.69 Å². The number of aryl methyl sites for hydroxylation is 1. The molecule has 0 spiro atoms. The Morgan fingerprint density at radius 2 is 2.29 bits per heavy atom. The number of alkyl halides is 2. The molecule has 0 unspecified atom stereocenters. The van der Waals surface area contributed by atoms with Crippen molar-refractivity contribution in [2.75, 3.05) is 0 Å². The summed E-state index contributed by atoms with van der Waals surface area (Å²) in [4.78, 5) is 11.6. The van der Waals surface area contributed by atoms with E-state index in [4.69, 9.17) is 0 Å². The maximum atomic E-state index is 13.6. The highest BCUT2D eigenvalue weighted by atomic mass is 19.3. The minimum absolute atomic E-state index is 0.0690. The van der Waals surface area contributed by atoms with Gasteiger partial charge in [-0.3, -0.25) is 4.79 Å². The first-order valence-corrected chi connectivity index (χ1v) is 5.91. The van der Waals surface area contributed by atoms with Gasteiger partial charge in [-0.05, 0) is 13.0 Å². The number of rotatable bonds is 5. The first-order valence-electron chi connectivity index (χ1n) is 5.91. The molecule has 0 aliphatic rings. The van der Waals surface area contributed by atoms with E-state index in [1.165, 1.54) is 6.20 Å². The van der Waals surface area contributed by atoms with Crippen LogP contribution in [-0.4, -0.2) is 31.7 Å². The molecule has 2 heterocycles. The van der Waals surface area contributed by atoms with Gasteiger partial charge in [0, 0.05) is 12.7 Å². The molecule has 21 heavy (non-hydrogen) atoms. The number of amides is 1. The number of hydrogen-bond donors (Lipinski definition) is 1. The van der Waals surface area contributed by atoms with E-state index in [0.29, 0.717) is 6.54 Å². The maximum Gasteiger partial charge on any atom is 0.333 e. The van der Waals surface area contributed by atoms with E-state index in [9.17, 15) is 18.0 Å². The first kappa shape index (κ1) is 14.8. The van der Waals surface area contributed by atoms with Crippen molar-refractivity contribution in [2.24, 2.45) is 5.10 Å². The summed E-state index contributed by atoms with van der Waals surface area (Å²) < 4.78 is 40.0. The fraction of sp³-hybridized carbons (Fsp3) is 0.273. The second-order valence-corrected chi connectivity index (χ2v) is 3.84. The fourth-order valence-electron chi connectivity index (χ4n) is 1.56. The molecule has 7 nitrogen and oxygen atoms in total. The van der Waals surface area contributed by atoms with Crippen LogP contribution >= 0.6 is 0 Å². The lowest BCUT2D eigenvalue weighted by Crippen LogP contribution is -2.22. The number of carbonyl (C=O) groups is 1. The third kappa shape index (κ3) is 3.09. The highest BCUT2D eigenvalue weighted by Crippen LogP contribution is 2.11. The molecule has 2 aromatic heterocycles. The van der Waals surface area contributed by atoms with Gasteiger partial charge in [0.05, 0.1) is 18.0 Å². The lowest BCUT2D eigenvalue weighted by molar-refractivity contribution is 0.0510. The zero-order chi connectivity index (χ0) is 15.4. The summed E-state index contributed by atoms with van der Waals surface area (Å²) in [6.45, 7) is -0.880. The molecule has 0 atom stereocenters. The topological polar surface area (TPSA) is 77.1 Å². The molecule has 2 aromatic rings. The van der Waals surface area contributed by atoms with Crippen molar-refractivity contribution in [3.63, 3.8) is 0 Å². The molecule has 2 rings (SSSR count). The maximum absolute atomic E-state index is 13.6. The van der Waals surface area contributed by atoms with E-state index in [-0.39, 0.29) is 15.9 Å². The third-order valence-corrected chi connectivity index (χ3v) is 2.56. The lowest BCUT2D eigenvalue weighted by Gasteiger charge is -2.03. The molecule has 0 aromatic carbocycles. The van der Waals surface area contributed by atoms with Crippen LogP contribution in [0.3, 0.4) is 0 Å². The minimum atomic E-state index is -2.94. The van der Waals surface area contributed by atoms with E-state index >= 15 is 0 Å². The Bertz CT molecular complexity index is 663. The molecular weight excluding hydrogens is 289 g/mol. The predicted octanol–water partition coefficient (Wildman–Crippen LogP) is 1.40. The second-order valence-electron chi connectivity index (χ2n) is 3.84. The van der Waals surface area contributed by atoms with Crippen LogP contribution in [0.4, 0.5) is 13.2 Å². The van der Waals surface area contributed by atoms with Crippen LogP contribution < -0.4 is 5.43 Å². The molecule has 0 aliphatic heterocycles. The van der Waals surface area contributed by atoms with E-state index in [1.54, 1.807) is 6.92 Å². The predicted molar refractivity (Wildman–Crippen MR) is 66.4 cm³/mol. The summed E-state index contributed by atoms with van der Waals surface area (Å²) in [6.07, 6.45) is 3.34. The summed E-state index contributed by atoms with van der Waals surface area (Å²) in [6, 6.07) is 1.12. The van der Waals surface area contributed by atoms with Gasteiger partial charge in [0.15, 0.2) is 0 Å². The molecule has 1 amide bonds. The zero-order valence-electron chi connectivity index (χ0n) is 10.9. The smallest absolute Gasteiger partial charge is 0.266 e. The number of carbonyl (C=O) groups excluding carboxylic acids is 1. The van der Waals surface area contributed by atoms with Crippen LogP contribution in [0.15, 0.2) is 23.6 Å². The van der Waals surface area contributed by atoms with Gasteiger partial charge in [-0.15, -0.1) is 0 Å². The Morgan fingerprint density at radius 3 is 2.90 bits per heavy atom. The SMILES string of the molecule is CCn1ncc(/C=N/NC(=O)c2ccnn2C(F)F)c1F. The molecule has 0 saturated heterocycles. The molecule has 0 radical (unpaired) electrons. The standard InChI is InChI=1S/C11H11F3N6O/c1-2-19-9(12)7(6-17-19)5-15-18-10(21)8-3-4-16-20(8)11(13)14/h3-6,11H,2H2,1H3,(H,18,21)/b15-5+. The van der Waals surface area contributed by atoms with Crippen LogP contribution in [0.1, 0.15) is 29.5 Å². The van der Waals surface area contributed by atoms with Gasteiger partial charge in [0.2, 0.25) is 5.95 Å². The Kier molecular flexibility index (Phi) is 4.36. The van der Waals surface area contributed by atoms with Crippen molar-refractivity contribution in [1.29, 1.82) is 0 Å². The number of aromatic nitrogens is 4. The monoisotopic (exact) mass is 300 g/mol. The van der Waals surface area contributed by atoms with Crippen LogP contribution in [-0.2, 0) is 6.54 Å². The van der Waals surface area contributed by atoms with Gasteiger partial charge in [-0.1, -0.05) is 0 Å². The molecule has 0 aliphatic carbocycles. The lowest BCUT2D eigenvalue weighted by atomic mass is 10.4. The van der Waals surface area contributed by atoms with Crippen molar-refractivity contribution < 1.29 is 18.0 Å². The van der Waals surface area contributed by atoms with Crippen molar-refractivity contribution in [1.82, 2.24) is 25.0 Å². The van der Waals surface area contributed by atoms with Crippen LogP contribution in [0.25, 0.3) is 0 Å². The summed E-state index contributed by atoms with van der Waals surface area (Å²) in [7, 11) is 0. The molecule has 0 fully saturated rings. The number of nitrogens with one attached hydrogen (secondary N) is 1. The van der Waals surface area contributed by atoms with Crippen molar-refractivity contribution >= 4 is 12.1 Å². The minimum Gasteiger partial charge on any atom is -0.266 e. The third-order valence-electron chi connectivity index (χ3n) is 2.56. The summed E-state index contributed by atoms with van der Waals surface area (Å²) >= 11 is 0. The largest absolute Gasteiger partial charge is 0.333 e. The summed E-state index contributed by atoms with van der Waals surface area (Å²) in [5.74, 6) is -1.49. The zero-order valence-corrected chi connectivity index (χ0v) is 10.9. The van der Waals surface area contributed by atoms with Crippen molar-refractivity contribution in [3.8, 4) is 0 Å². The van der Waals surface area contributed by atoms with Crippen LogP contribution in [0, 0.1) is 5.95 Å². The van der Waals surface area contributed by atoms with Crippen molar-refractivity contribution in [3.05, 3.63) is 35.7 Å². The van der Waals surface area contributed by atoms with E-state index in [0.717, 1.165) is 23.2 Å². The Balaban J connectivity index is 2.05. The quantitative estimate of drug-likeness (QED) is 0.669. The van der Waals surface area contributed by atoms with E-state index in [2.05, 4.69) is 15.3 Å². The van der Waals surface area contributed by atoms with Crippen molar-refractivity contribution in [2.45, 2.75) is 20.0 Å². The molecule has 1 N–H and O–H groups in total. The van der Waals surface area contributed by atoms with E-state index in [1.807, 2.05) is 5.43 Å². The summed E-state index contributed by atoms with van der Waals surface area (Å²) in [5, 5.41) is 10.6. The Labute approximate surface area is 117 Å². The molecule has 0 bridgehead atoms. The van der Waals surface area contributed by atoms with Gasteiger partial charge < -0.3 is 0 Å². The average molecular weight is 300 g/mol. The average Bonchev–Trinajstić information content (AvgIpc) is 3.06. The highest BCUT2D eigenvalue weighted by Gasteiger charge is 2.17. The Morgan fingerprint density at radius 1 is 1.52 bits per heavy atom. The molecule has 112 valence electrons. The fourth-order valence-corrected chi connectivity index (χ4v) is 1.56. The normalized spacial score (nSPS) is 11.5. The van der Waals surface area contributed by atoms with Gasteiger partial charge in [-0.25, -0.2) is 10.1 Å². The summed E-state index contributed by atoms with van der Waals surface area (Å²) in [5.41, 5.74) is 1.73. The molecule has 0 saturated carbocycles. The van der Waals surface area contributed by atoms with Gasteiger partial charge >= 0.3 is 6.55 Å². The van der Waals surface area contributed by atoms with Crippen LogP contribution in [0.2, 0.25) is 0 Å². The number of hydrogen-bond acceptors (Lipinski definition) is 4. The van der Waals surface area contributed by atoms with Gasteiger partial charge in [0.25, 0.3) is 5.91 Å². The number of nitrogens with zero attached hydrogens (tertiary/aromatic N) is 5.